The Morgan fingerprint density at radius 3 is 2.50 bits per heavy atom. The predicted molar refractivity (Wildman–Crippen MR) is 127 cm³/mol. The van der Waals surface area contributed by atoms with E-state index in [9.17, 15) is 0 Å². The second-order valence-corrected chi connectivity index (χ2v) is 7.18. The second kappa shape index (κ2) is 14.4. The number of nitrogens with one attached hydrogen (secondary N) is 2. The highest BCUT2D eigenvalue weighted by Gasteiger charge is 2.16. The summed E-state index contributed by atoms with van der Waals surface area (Å²) in [6.45, 7) is 10.5. The third-order valence-corrected chi connectivity index (χ3v) is 4.95. The van der Waals surface area contributed by atoms with Crippen molar-refractivity contribution in [2.24, 2.45) is 4.99 Å². The van der Waals surface area contributed by atoms with E-state index in [1.54, 1.807) is 0 Å². The molecule has 0 aromatic heterocycles. The van der Waals surface area contributed by atoms with Crippen LogP contribution in [0.3, 0.4) is 0 Å². The molecule has 1 aromatic rings. The van der Waals surface area contributed by atoms with Gasteiger partial charge in [-0.2, -0.15) is 11.8 Å². The maximum atomic E-state index is 4.68. The Bertz CT molecular complexity index is 492. The first-order valence-electron chi connectivity index (χ1n) is 9.37. The molecule has 5 nitrogen and oxygen atoms in total. The molecule has 1 fully saturated rings. The van der Waals surface area contributed by atoms with Gasteiger partial charge in [-0.15, -0.1) is 24.0 Å². The summed E-state index contributed by atoms with van der Waals surface area (Å²) in [7, 11) is 0. The van der Waals surface area contributed by atoms with Gasteiger partial charge in [-0.3, -0.25) is 9.89 Å². The van der Waals surface area contributed by atoms with E-state index in [2.05, 4.69) is 68.9 Å². The fraction of sp³-hybridized carbons (Fsp3) is 0.632. The number of para-hydroxylation sites is 1. The van der Waals surface area contributed by atoms with Crippen LogP contribution in [-0.2, 0) is 0 Å². The monoisotopic (exact) mass is 491 g/mol. The average Bonchev–Trinajstić information content (AvgIpc) is 2.66. The molecule has 1 aromatic carbocycles. The van der Waals surface area contributed by atoms with Crippen LogP contribution >= 0.6 is 35.7 Å². The molecule has 0 spiro atoms. The van der Waals surface area contributed by atoms with Crippen LogP contribution in [0.25, 0.3) is 0 Å². The number of hydrogen-bond acceptors (Lipinski definition) is 4. The largest absolute Gasteiger partial charge is 0.369 e. The van der Waals surface area contributed by atoms with Gasteiger partial charge in [-0.05, 0) is 31.7 Å². The molecule has 0 bridgehead atoms. The van der Waals surface area contributed by atoms with Crippen LogP contribution in [0.5, 0.6) is 0 Å². The highest BCUT2D eigenvalue weighted by atomic mass is 127. The van der Waals surface area contributed by atoms with E-state index < -0.39 is 0 Å². The molecular formula is C19H34IN5S. The zero-order chi connectivity index (χ0) is 17.7. The Hall–Kier alpha value is -0.670. The van der Waals surface area contributed by atoms with Crippen LogP contribution in [0, 0.1) is 0 Å². The van der Waals surface area contributed by atoms with Crippen molar-refractivity contribution in [1.29, 1.82) is 0 Å². The van der Waals surface area contributed by atoms with Crippen molar-refractivity contribution in [2.45, 2.75) is 13.3 Å². The summed E-state index contributed by atoms with van der Waals surface area (Å²) in [5, 5.41) is 6.70. The number of benzene rings is 1. The zero-order valence-corrected chi connectivity index (χ0v) is 19.3. The molecule has 2 rings (SSSR count). The van der Waals surface area contributed by atoms with Crippen molar-refractivity contribution < 1.29 is 0 Å². The minimum atomic E-state index is 0. The first kappa shape index (κ1) is 23.4. The van der Waals surface area contributed by atoms with E-state index in [0.29, 0.717) is 0 Å². The number of aliphatic imine (C=N–C) groups is 1. The molecule has 148 valence electrons. The number of rotatable bonds is 9. The lowest BCUT2D eigenvalue weighted by atomic mass is 10.2. The summed E-state index contributed by atoms with van der Waals surface area (Å²) < 4.78 is 0. The zero-order valence-electron chi connectivity index (χ0n) is 16.1. The maximum Gasteiger partial charge on any atom is 0.191 e. The molecule has 0 saturated carbocycles. The Balaban J connectivity index is 0.00000338. The number of anilines is 1. The molecule has 26 heavy (non-hydrogen) atoms. The van der Waals surface area contributed by atoms with Gasteiger partial charge in [-0.1, -0.05) is 18.2 Å². The minimum Gasteiger partial charge on any atom is -0.369 e. The van der Waals surface area contributed by atoms with Crippen molar-refractivity contribution >= 4 is 47.4 Å². The standard InChI is InChI=1S/C19H33N5S.HI/c1-3-20-19(22-11-17-25-2)21-10-7-12-23-13-15-24(16-14-23)18-8-5-4-6-9-18;/h4-6,8-9H,3,7,10-17H2,1-2H3,(H2,20,21,22);1H. The minimum absolute atomic E-state index is 0. The van der Waals surface area contributed by atoms with E-state index in [-0.39, 0.29) is 24.0 Å². The van der Waals surface area contributed by atoms with Gasteiger partial charge < -0.3 is 15.5 Å². The van der Waals surface area contributed by atoms with E-state index in [4.69, 9.17) is 0 Å². The van der Waals surface area contributed by atoms with Gasteiger partial charge in [0.05, 0.1) is 0 Å². The fourth-order valence-electron chi connectivity index (χ4n) is 2.97. The molecule has 0 atom stereocenters. The van der Waals surface area contributed by atoms with Gasteiger partial charge >= 0.3 is 0 Å². The summed E-state index contributed by atoms with van der Waals surface area (Å²) in [6.07, 6.45) is 3.24. The van der Waals surface area contributed by atoms with E-state index >= 15 is 0 Å². The smallest absolute Gasteiger partial charge is 0.191 e. The van der Waals surface area contributed by atoms with Gasteiger partial charge in [0.2, 0.25) is 0 Å². The van der Waals surface area contributed by atoms with Crippen molar-refractivity contribution in [2.75, 3.05) is 69.3 Å². The molecule has 1 aliphatic heterocycles. The van der Waals surface area contributed by atoms with E-state index in [1.807, 2.05) is 11.8 Å². The SMILES string of the molecule is CCNC(=NCCCN1CCN(c2ccccc2)CC1)NCCSC.I. The van der Waals surface area contributed by atoms with Crippen LogP contribution in [0.15, 0.2) is 35.3 Å². The molecule has 0 aliphatic carbocycles. The highest BCUT2D eigenvalue weighted by molar-refractivity contribution is 14.0. The molecular weight excluding hydrogens is 457 g/mol. The number of thioether (sulfide) groups is 1. The average molecular weight is 491 g/mol. The fourth-order valence-corrected chi connectivity index (χ4v) is 3.27. The van der Waals surface area contributed by atoms with Gasteiger partial charge in [0.25, 0.3) is 0 Å². The van der Waals surface area contributed by atoms with Crippen molar-refractivity contribution in [3.63, 3.8) is 0 Å². The topological polar surface area (TPSA) is 42.9 Å². The maximum absolute atomic E-state index is 4.68. The first-order valence-corrected chi connectivity index (χ1v) is 10.8. The van der Waals surface area contributed by atoms with Gasteiger partial charge in [0, 0.05) is 63.8 Å². The first-order chi connectivity index (χ1) is 12.3. The molecule has 0 unspecified atom stereocenters. The third-order valence-electron chi connectivity index (χ3n) is 4.34. The number of piperazine rings is 1. The third kappa shape index (κ3) is 8.81. The van der Waals surface area contributed by atoms with Crippen LogP contribution in [-0.4, -0.2) is 75.2 Å². The lowest BCUT2D eigenvalue weighted by Crippen LogP contribution is -2.46. The molecule has 0 radical (unpaired) electrons. The normalized spacial score (nSPS) is 15.5. The summed E-state index contributed by atoms with van der Waals surface area (Å²) >= 11 is 1.85. The highest BCUT2D eigenvalue weighted by Crippen LogP contribution is 2.15. The Morgan fingerprint density at radius 2 is 1.85 bits per heavy atom. The molecule has 7 heteroatoms. The number of halogens is 1. The predicted octanol–water partition coefficient (Wildman–Crippen LogP) is 2.73. The number of nitrogens with zero attached hydrogens (tertiary/aromatic N) is 3. The summed E-state index contributed by atoms with van der Waals surface area (Å²) in [5.74, 6) is 2.06. The van der Waals surface area contributed by atoms with E-state index in [1.165, 1.54) is 5.69 Å². The Morgan fingerprint density at radius 1 is 1.12 bits per heavy atom. The van der Waals surface area contributed by atoms with Crippen LogP contribution in [0.4, 0.5) is 5.69 Å². The van der Waals surface area contributed by atoms with Gasteiger partial charge in [-0.25, -0.2) is 0 Å². The Labute approximate surface area is 180 Å². The number of hydrogen-bond donors (Lipinski definition) is 2. The lowest BCUT2D eigenvalue weighted by molar-refractivity contribution is 0.256. The molecule has 1 saturated heterocycles. The summed E-state index contributed by atoms with van der Waals surface area (Å²) in [4.78, 5) is 9.72. The molecule has 1 heterocycles. The van der Waals surface area contributed by atoms with Crippen LogP contribution in [0.1, 0.15) is 13.3 Å². The van der Waals surface area contributed by atoms with Crippen LogP contribution < -0.4 is 15.5 Å². The van der Waals surface area contributed by atoms with Crippen molar-refractivity contribution in [3.05, 3.63) is 30.3 Å². The van der Waals surface area contributed by atoms with Gasteiger partial charge in [0.15, 0.2) is 5.96 Å². The molecule has 1 aliphatic rings. The summed E-state index contributed by atoms with van der Waals surface area (Å²) in [6, 6.07) is 10.7. The van der Waals surface area contributed by atoms with Crippen molar-refractivity contribution in [3.8, 4) is 0 Å². The van der Waals surface area contributed by atoms with E-state index in [0.717, 1.165) is 70.5 Å². The molecule has 0 amide bonds. The van der Waals surface area contributed by atoms with Crippen molar-refractivity contribution in [1.82, 2.24) is 15.5 Å². The Kier molecular flexibility index (Phi) is 12.9. The summed E-state index contributed by atoms with van der Waals surface area (Å²) in [5.41, 5.74) is 1.35. The lowest BCUT2D eigenvalue weighted by Gasteiger charge is -2.36. The second-order valence-electron chi connectivity index (χ2n) is 6.20. The van der Waals surface area contributed by atoms with Crippen LogP contribution in [0.2, 0.25) is 0 Å². The quantitative estimate of drug-likeness (QED) is 0.241. The number of guanidine groups is 1. The molecule has 2 N–H and O–H groups in total. The van der Waals surface area contributed by atoms with Gasteiger partial charge in [0.1, 0.15) is 0 Å².